The van der Waals surface area contributed by atoms with Gasteiger partial charge in [0.15, 0.2) is 0 Å². The first kappa shape index (κ1) is 17.0. The number of carboxylic acid groups (broad SMARTS) is 1. The fourth-order valence-corrected chi connectivity index (χ4v) is 3.99. The van der Waals surface area contributed by atoms with Crippen molar-refractivity contribution in [2.75, 3.05) is 20.1 Å². The van der Waals surface area contributed by atoms with Crippen molar-refractivity contribution >= 4 is 45.1 Å². The zero-order valence-corrected chi connectivity index (χ0v) is 14.7. The number of amides is 2. The molecule has 2 unspecified atom stereocenters. The number of halogens is 1. The Kier molecular flexibility index (Phi) is 5.23. The molecule has 1 fully saturated rings. The number of carboxylic acids is 1. The zero-order chi connectivity index (χ0) is 16.4. The maximum Gasteiger partial charge on any atom is 0.308 e. The van der Waals surface area contributed by atoms with E-state index in [9.17, 15) is 14.4 Å². The van der Waals surface area contributed by atoms with Crippen LogP contribution in [-0.4, -0.2) is 58.9 Å². The quantitative estimate of drug-likeness (QED) is 0.854. The number of carbonyl (C=O) groups excluding carboxylic acids is 2. The van der Waals surface area contributed by atoms with Crippen LogP contribution in [0, 0.1) is 5.92 Å². The van der Waals surface area contributed by atoms with Crippen molar-refractivity contribution in [1.82, 2.24) is 9.80 Å². The molecule has 0 aromatic carbocycles. The lowest BCUT2D eigenvalue weighted by molar-refractivity contribution is -0.143. The average Bonchev–Trinajstić information content (AvgIpc) is 3.03. The summed E-state index contributed by atoms with van der Waals surface area (Å²) in [5.74, 6) is -1.85. The summed E-state index contributed by atoms with van der Waals surface area (Å²) in [5, 5.41) is 9.10. The predicted molar refractivity (Wildman–Crippen MR) is 85.9 cm³/mol. The number of likely N-dealkylation sites (tertiary alicyclic amines) is 1. The van der Waals surface area contributed by atoms with Crippen LogP contribution in [0.25, 0.3) is 0 Å². The molecule has 1 aromatic heterocycles. The Balaban J connectivity index is 1.97. The van der Waals surface area contributed by atoms with Gasteiger partial charge in [-0.05, 0) is 41.4 Å². The van der Waals surface area contributed by atoms with Crippen LogP contribution in [0.4, 0.5) is 0 Å². The van der Waals surface area contributed by atoms with Gasteiger partial charge in [-0.15, -0.1) is 11.3 Å². The van der Waals surface area contributed by atoms with Crippen molar-refractivity contribution in [2.24, 2.45) is 5.92 Å². The average molecular weight is 389 g/mol. The molecule has 120 valence electrons. The van der Waals surface area contributed by atoms with Crippen LogP contribution >= 0.6 is 27.3 Å². The summed E-state index contributed by atoms with van der Waals surface area (Å²) >= 11 is 4.61. The second kappa shape index (κ2) is 6.78. The van der Waals surface area contributed by atoms with E-state index >= 15 is 0 Å². The first-order valence-corrected chi connectivity index (χ1v) is 8.45. The Bertz CT molecular complexity index is 603. The number of carbonyl (C=O) groups is 3. The van der Waals surface area contributed by atoms with E-state index < -0.39 is 11.9 Å². The molecule has 1 aliphatic rings. The minimum absolute atomic E-state index is 0.0506. The molecule has 0 spiro atoms. The third-order valence-electron chi connectivity index (χ3n) is 3.90. The third kappa shape index (κ3) is 3.49. The molecule has 6 nitrogen and oxygen atoms in total. The van der Waals surface area contributed by atoms with Gasteiger partial charge in [0.1, 0.15) is 0 Å². The standard InChI is InChI=1S/C14H17BrN2O4S/c1-8-9(14(20)21)5-6-17(8)12(18)7-16(2)13(19)10-3-4-11(15)22-10/h3-4,8-9H,5-7H2,1-2H3,(H,20,21). The Morgan fingerprint density at radius 1 is 1.45 bits per heavy atom. The van der Waals surface area contributed by atoms with Crippen molar-refractivity contribution in [3.63, 3.8) is 0 Å². The largest absolute Gasteiger partial charge is 0.481 e. The molecule has 8 heteroatoms. The maximum absolute atomic E-state index is 12.3. The minimum Gasteiger partial charge on any atom is -0.481 e. The molecule has 0 aliphatic carbocycles. The number of aliphatic carboxylic acids is 1. The lowest BCUT2D eigenvalue weighted by Crippen LogP contribution is -2.44. The molecular formula is C14H17BrN2O4S. The lowest BCUT2D eigenvalue weighted by Gasteiger charge is -2.26. The van der Waals surface area contributed by atoms with Crippen LogP contribution in [0.1, 0.15) is 23.0 Å². The van der Waals surface area contributed by atoms with E-state index in [0.29, 0.717) is 17.8 Å². The molecule has 22 heavy (non-hydrogen) atoms. The smallest absolute Gasteiger partial charge is 0.308 e. The Morgan fingerprint density at radius 2 is 2.14 bits per heavy atom. The highest BCUT2D eigenvalue weighted by Gasteiger charge is 2.38. The summed E-state index contributed by atoms with van der Waals surface area (Å²) in [4.78, 5) is 39.1. The highest BCUT2D eigenvalue weighted by molar-refractivity contribution is 9.11. The van der Waals surface area contributed by atoms with Crippen molar-refractivity contribution in [3.8, 4) is 0 Å². The van der Waals surface area contributed by atoms with E-state index in [1.165, 1.54) is 16.2 Å². The SMILES string of the molecule is CC1C(C(=O)O)CCN1C(=O)CN(C)C(=O)c1ccc(Br)s1. The number of thiophene rings is 1. The van der Waals surface area contributed by atoms with Crippen LogP contribution in [0.3, 0.4) is 0 Å². The first-order valence-electron chi connectivity index (χ1n) is 6.84. The topological polar surface area (TPSA) is 77.9 Å². The van der Waals surface area contributed by atoms with Crippen molar-refractivity contribution in [3.05, 3.63) is 20.8 Å². The van der Waals surface area contributed by atoms with E-state index in [1.54, 1.807) is 31.0 Å². The van der Waals surface area contributed by atoms with Gasteiger partial charge < -0.3 is 14.9 Å². The summed E-state index contributed by atoms with van der Waals surface area (Å²) in [5.41, 5.74) is 0. The van der Waals surface area contributed by atoms with Crippen LogP contribution in [0.15, 0.2) is 15.9 Å². The number of rotatable bonds is 4. The summed E-state index contributed by atoms with van der Waals surface area (Å²) < 4.78 is 0.855. The Hall–Kier alpha value is -1.41. The van der Waals surface area contributed by atoms with Crippen molar-refractivity contribution in [2.45, 2.75) is 19.4 Å². The van der Waals surface area contributed by atoms with E-state index in [2.05, 4.69) is 15.9 Å². The summed E-state index contributed by atoms with van der Waals surface area (Å²) in [6.07, 6.45) is 0.456. The van der Waals surface area contributed by atoms with Gasteiger partial charge in [-0.1, -0.05) is 0 Å². The zero-order valence-electron chi connectivity index (χ0n) is 12.3. The van der Waals surface area contributed by atoms with Gasteiger partial charge in [0, 0.05) is 19.6 Å². The maximum atomic E-state index is 12.3. The molecule has 2 amide bonds. The molecule has 2 heterocycles. The molecule has 0 saturated carbocycles. The van der Waals surface area contributed by atoms with Gasteiger partial charge in [-0.25, -0.2) is 0 Å². The van der Waals surface area contributed by atoms with E-state index in [4.69, 9.17) is 5.11 Å². The van der Waals surface area contributed by atoms with Gasteiger partial charge in [0.05, 0.1) is 21.1 Å². The van der Waals surface area contributed by atoms with E-state index in [-0.39, 0.29) is 24.4 Å². The second-order valence-corrected chi connectivity index (χ2v) is 7.79. The Labute approximate surface area is 140 Å². The number of nitrogens with zero attached hydrogens (tertiary/aromatic N) is 2. The van der Waals surface area contributed by atoms with Crippen LogP contribution in [0.2, 0.25) is 0 Å². The molecule has 1 aliphatic heterocycles. The lowest BCUT2D eigenvalue weighted by atomic mass is 10.0. The van der Waals surface area contributed by atoms with Gasteiger partial charge in [-0.3, -0.25) is 14.4 Å². The normalized spacial score (nSPS) is 21.0. The molecule has 1 aromatic rings. The summed E-state index contributed by atoms with van der Waals surface area (Å²) in [7, 11) is 1.57. The van der Waals surface area contributed by atoms with Crippen LogP contribution in [0.5, 0.6) is 0 Å². The van der Waals surface area contributed by atoms with Gasteiger partial charge in [-0.2, -0.15) is 0 Å². The number of likely N-dealkylation sites (N-methyl/N-ethyl adjacent to an activating group) is 1. The Morgan fingerprint density at radius 3 is 2.64 bits per heavy atom. The van der Waals surface area contributed by atoms with Crippen molar-refractivity contribution < 1.29 is 19.5 Å². The van der Waals surface area contributed by atoms with Gasteiger partial charge in [0.2, 0.25) is 5.91 Å². The molecular weight excluding hydrogens is 372 g/mol. The highest BCUT2D eigenvalue weighted by Crippen LogP contribution is 2.25. The van der Waals surface area contributed by atoms with Gasteiger partial charge >= 0.3 is 5.97 Å². The minimum atomic E-state index is -0.879. The number of hydrogen-bond acceptors (Lipinski definition) is 4. The molecule has 0 bridgehead atoms. The van der Waals surface area contributed by atoms with Crippen LogP contribution < -0.4 is 0 Å². The predicted octanol–water partition coefficient (Wildman–Crippen LogP) is 1.90. The first-order chi connectivity index (χ1) is 10.3. The number of hydrogen-bond donors (Lipinski definition) is 1. The molecule has 1 saturated heterocycles. The van der Waals surface area contributed by atoms with E-state index in [0.717, 1.165) is 3.79 Å². The van der Waals surface area contributed by atoms with Crippen LogP contribution in [-0.2, 0) is 9.59 Å². The fourth-order valence-electron chi connectivity index (χ4n) is 2.60. The van der Waals surface area contributed by atoms with E-state index in [1.807, 2.05) is 0 Å². The molecule has 2 rings (SSSR count). The molecule has 0 radical (unpaired) electrons. The summed E-state index contributed by atoms with van der Waals surface area (Å²) in [6.45, 7) is 2.11. The summed E-state index contributed by atoms with van der Waals surface area (Å²) in [6, 6.07) is 3.15. The molecule has 1 N–H and O–H groups in total. The van der Waals surface area contributed by atoms with Gasteiger partial charge in [0.25, 0.3) is 5.91 Å². The van der Waals surface area contributed by atoms with Crippen molar-refractivity contribution in [1.29, 1.82) is 0 Å². The third-order valence-corrected chi connectivity index (χ3v) is 5.51. The second-order valence-electron chi connectivity index (χ2n) is 5.33. The molecule has 2 atom stereocenters. The monoisotopic (exact) mass is 388 g/mol. The highest BCUT2D eigenvalue weighted by atomic mass is 79.9. The fraction of sp³-hybridized carbons (Fsp3) is 0.500.